The minimum atomic E-state index is -0.660. The summed E-state index contributed by atoms with van der Waals surface area (Å²) in [7, 11) is 1.65. The van der Waals surface area contributed by atoms with Crippen molar-refractivity contribution in [3.63, 3.8) is 0 Å². The molecule has 0 aliphatic carbocycles. The number of anilines is 1. The first-order chi connectivity index (χ1) is 8.82. The fraction of sp³-hybridized carbons (Fsp3) is 0.308. The second-order valence-electron chi connectivity index (χ2n) is 4.67. The van der Waals surface area contributed by atoms with Crippen LogP contribution in [0, 0.1) is 11.6 Å². The van der Waals surface area contributed by atoms with Crippen LogP contribution in [0.25, 0.3) is 11.3 Å². The highest BCUT2D eigenvalue weighted by Crippen LogP contribution is 2.36. The first kappa shape index (κ1) is 14.0. The molecule has 0 saturated carbocycles. The van der Waals surface area contributed by atoms with Gasteiger partial charge in [0.2, 0.25) is 0 Å². The highest BCUT2D eigenvalue weighted by Gasteiger charge is 2.23. The van der Waals surface area contributed by atoms with E-state index in [1.807, 2.05) is 13.8 Å². The van der Waals surface area contributed by atoms with Crippen molar-refractivity contribution in [2.75, 3.05) is 5.73 Å². The van der Waals surface area contributed by atoms with Gasteiger partial charge in [0.05, 0.1) is 5.56 Å². The van der Waals surface area contributed by atoms with Gasteiger partial charge in [0.15, 0.2) is 0 Å². The van der Waals surface area contributed by atoms with Crippen LogP contribution >= 0.6 is 15.9 Å². The highest BCUT2D eigenvalue weighted by molar-refractivity contribution is 9.10. The van der Waals surface area contributed by atoms with Gasteiger partial charge in [-0.25, -0.2) is 8.78 Å². The maximum Gasteiger partial charge on any atom is 0.136 e. The third kappa shape index (κ3) is 2.36. The van der Waals surface area contributed by atoms with Crippen molar-refractivity contribution in [1.82, 2.24) is 9.78 Å². The van der Waals surface area contributed by atoms with E-state index >= 15 is 0 Å². The molecule has 0 saturated heterocycles. The van der Waals surface area contributed by atoms with E-state index in [1.165, 1.54) is 16.8 Å². The van der Waals surface area contributed by atoms with E-state index in [0.717, 1.165) is 0 Å². The molecule has 1 heterocycles. The van der Waals surface area contributed by atoms with Gasteiger partial charge in [0, 0.05) is 17.1 Å². The van der Waals surface area contributed by atoms with Crippen LogP contribution < -0.4 is 5.73 Å². The summed E-state index contributed by atoms with van der Waals surface area (Å²) in [6.45, 7) is 3.82. The van der Waals surface area contributed by atoms with Crippen molar-refractivity contribution in [3.05, 3.63) is 33.8 Å². The Kier molecular flexibility index (Phi) is 3.62. The van der Waals surface area contributed by atoms with Crippen molar-refractivity contribution in [2.24, 2.45) is 7.05 Å². The zero-order valence-corrected chi connectivity index (χ0v) is 12.4. The number of hydrogen-bond acceptors (Lipinski definition) is 2. The molecule has 2 aromatic rings. The fourth-order valence-corrected chi connectivity index (χ4v) is 2.48. The summed E-state index contributed by atoms with van der Waals surface area (Å²) in [6, 6.07) is 2.43. The smallest absolute Gasteiger partial charge is 0.136 e. The zero-order chi connectivity index (χ0) is 14.3. The highest BCUT2D eigenvalue weighted by atomic mass is 79.9. The number of nitrogens with two attached hydrogens (primary N) is 1. The molecule has 0 bridgehead atoms. The Labute approximate surface area is 118 Å². The number of aromatic nitrogens is 2. The van der Waals surface area contributed by atoms with Gasteiger partial charge >= 0.3 is 0 Å². The topological polar surface area (TPSA) is 43.8 Å². The molecular weight excluding hydrogens is 316 g/mol. The van der Waals surface area contributed by atoms with Crippen LogP contribution in [0.3, 0.4) is 0 Å². The number of hydrogen-bond donors (Lipinski definition) is 1. The maximum atomic E-state index is 14.0. The maximum absolute atomic E-state index is 14.0. The first-order valence-electron chi connectivity index (χ1n) is 5.80. The molecule has 0 atom stereocenters. The average molecular weight is 330 g/mol. The van der Waals surface area contributed by atoms with Crippen molar-refractivity contribution in [1.29, 1.82) is 0 Å². The molecule has 19 heavy (non-hydrogen) atoms. The molecular formula is C13H14BrF2N3. The van der Waals surface area contributed by atoms with Crippen LogP contribution in [-0.2, 0) is 7.05 Å². The lowest BCUT2D eigenvalue weighted by atomic mass is 9.98. The average Bonchev–Trinajstić information content (AvgIpc) is 2.53. The summed E-state index contributed by atoms with van der Waals surface area (Å²) in [5, 5.41) is 4.15. The molecule has 2 rings (SSSR count). The molecule has 3 nitrogen and oxygen atoms in total. The van der Waals surface area contributed by atoms with E-state index in [0.29, 0.717) is 15.9 Å². The lowest BCUT2D eigenvalue weighted by Crippen LogP contribution is -2.00. The quantitative estimate of drug-likeness (QED) is 0.909. The Morgan fingerprint density at radius 1 is 1.26 bits per heavy atom. The summed E-state index contributed by atoms with van der Waals surface area (Å²) < 4.78 is 29.8. The molecule has 0 unspecified atom stereocenters. The molecule has 2 N–H and O–H groups in total. The molecule has 0 radical (unpaired) electrons. The molecule has 1 aromatic carbocycles. The van der Waals surface area contributed by atoms with Gasteiger partial charge in [-0.05, 0) is 18.1 Å². The van der Waals surface area contributed by atoms with E-state index in [-0.39, 0.29) is 17.2 Å². The lowest BCUT2D eigenvalue weighted by Gasteiger charge is -2.09. The normalized spacial score (nSPS) is 11.3. The Morgan fingerprint density at radius 2 is 1.79 bits per heavy atom. The SMILES string of the molecule is CC(C)c1c(-c2c(F)cc(Br)cc2F)nn(C)c1N. The molecule has 0 spiro atoms. The third-order valence-electron chi connectivity index (χ3n) is 2.95. The van der Waals surface area contributed by atoms with Gasteiger partial charge in [0.1, 0.15) is 23.1 Å². The predicted molar refractivity (Wildman–Crippen MR) is 74.8 cm³/mol. The summed E-state index contributed by atoms with van der Waals surface area (Å²) in [6.07, 6.45) is 0. The number of rotatable bonds is 2. The number of nitrogen functional groups attached to an aromatic ring is 1. The molecule has 1 aromatic heterocycles. The fourth-order valence-electron chi connectivity index (χ4n) is 2.08. The summed E-state index contributed by atoms with van der Waals surface area (Å²) >= 11 is 3.06. The second-order valence-corrected chi connectivity index (χ2v) is 5.59. The van der Waals surface area contributed by atoms with Crippen LogP contribution in [0.15, 0.2) is 16.6 Å². The van der Waals surface area contributed by atoms with E-state index < -0.39 is 11.6 Å². The lowest BCUT2D eigenvalue weighted by molar-refractivity contribution is 0.586. The molecule has 0 aliphatic rings. The standard InChI is InChI=1S/C13H14BrF2N3/c1-6(2)10-12(18-19(3)13(10)17)11-8(15)4-7(14)5-9(11)16/h4-6H,17H2,1-3H3. The van der Waals surface area contributed by atoms with Crippen LogP contribution in [0.1, 0.15) is 25.3 Å². The molecule has 0 fully saturated rings. The minimum absolute atomic E-state index is 0.0196. The van der Waals surface area contributed by atoms with E-state index in [2.05, 4.69) is 21.0 Å². The Bertz CT molecular complexity index is 612. The Balaban J connectivity index is 2.76. The number of nitrogens with zero attached hydrogens (tertiary/aromatic N) is 2. The monoisotopic (exact) mass is 329 g/mol. The van der Waals surface area contributed by atoms with Crippen molar-refractivity contribution < 1.29 is 8.78 Å². The predicted octanol–water partition coefficient (Wildman–Crippen LogP) is 3.83. The first-order valence-corrected chi connectivity index (χ1v) is 6.59. The van der Waals surface area contributed by atoms with Crippen molar-refractivity contribution in [2.45, 2.75) is 19.8 Å². The second kappa shape index (κ2) is 4.92. The summed E-state index contributed by atoms with van der Waals surface area (Å²) in [4.78, 5) is 0. The van der Waals surface area contributed by atoms with Gasteiger partial charge in [-0.1, -0.05) is 29.8 Å². The van der Waals surface area contributed by atoms with Gasteiger partial charge in [-0.15, -0.1) is 0 Å². The number of halogens is 3. The van der Waals surface area contributed by atoms with Gasteiger partial charge in [-0.2, -0.15) is 5.10 Å². The largest absolute Gasteiger partial charge is 0.384 e. The number of aryl methyl sites for hydroxylation is 1. The van der Waals surface area contributed by atoms with Gasteiger partial charge in [-0.3, -0.25) is 4.68 Å². The van der Waals surface area contributed by atoms with Crippen LogP contribution in [0.2, 0.25) is 0 Å². The summed E-state index contributed by atoms with van der Waals surface area (Å²) in [5.74, 6) is -0.878. The van der Waals surface area contributed by atoms with Crippen LogP contribution in [0.4, 0.5) is 14.6 Å². The Hall–Kier alpha value is -1.43. The van der Waals surface area contributed by atoms with E-state index in [1.54, 1.807) is 7.05 Å². The minimum Gasteiger partial charge on any atom is -0.384 e. The van der Waals surface area contributed by atoms with Crippen LogP contribution in [0.5, 0.6) is 0 Å². The van der Waals surface area contributed by atoms with Gasteiger partial charge < -0.3 is 5.73 Å². The molecule has 0 amide bonds. The third-order valence-corrected chi connectivity index (χ3v) is 3.41. The zero-order valence-electron chi connectivity index (χ0n) is 10.8. The molecule has 0 aliphatic heterocycles. The molecule has 102 valence electrons. The Morgan fingerprint density at radius 3 is 2.26 bits per heavy atom. The van der Waals surface area contributed by atoms with E-state index in [4.69, 9.17) is 5.73 Å². The summed E-state index contributed by atoms with van der Waals surface area (Å²) in [5.41, 5.74) is 6.70. The van der Waals surface area contributed by atoms with Crippen molar-refractivity contribution >= 4 is 21.7 Å². The number of benzene rings is 1. The van der Waals surface area contributed by atoms with E-state index in [9.17, 15) is 8.78 Å². The van der Waals surface area contributed by atoms with Crippen LogP contribution in [-0.4, -0.2) is 9.78 Å². The van der Waals surface area contributed by atoms with Gasteiger partial charge in [0.25, 0.3) is 0 Å². The van der Waals surface area contributed by atoms with Crippen molar-refractivity contribution in [3.8, 4) is 11.3 Å². The molecule has 6 heteroatoms.